The average Bonchev–Trinajstić information content (AvgIpc) is 2.12. The van der Waals surface area contributed by atoms with Crippen LogP contribution in [-0.4, -0.2) is 19.1 Å². The van der Waals surface area contributed by atoms with Gasteiger partial charge in [-0.2, -0.15) is 0 Å². The van der Waals surface area contributed by atoms with Crippen LogP contribution in [0.25, 0.3) is 0 Å². The van der Waals surface area contributed by atoms with Crippen molar-refractivity contribution in [3.8, 4) is 0 Å². The van der Waals surface area contributed by atoms with Crippen molar-refractivity contribution in [1.29, 1.82) is 0 Å². The van der Waals surface area contributed by atoms with E-state index in [0.717, 1.165) is 6.26 Å². The second kappa shape index (κ2) is 2.01. The Bertz CT molecular complexity index is 183. The molecule has 1 rings (SSSR count). The number of rotatable bonds is 1. The highest BCUT2D eigenvalue weighted by Crippen LogP contribution is 1.93. The molecule has 0 aliphatic heterocycles. The molecular formula is C2HN2O3S-. The lowest BCUT2D eigenvalue weighted by Crippen LogP contribution is -1.87. The van der Waals surface area contributed by atoms with Gasteiger partial charge in [0.25, 0.3) is 0 Å². The van der Waals surface area contributed by atoms with Gasteiger partial charge in [0.15, 0.2) is 11.3 Å². The van der Waals surface area contributed by atoms with Gasteiger partial charge in [-0.1, -0.05) is 0 Å². The first kappa shape index (κ1) is 5.39. The van der Waals surface area contributed by atoms with Crippen molar-refractivity contribution in [2.24, 2.45) is 0 Å². The zero-order valence-corrected chi connectivity index (χ0v) is 4.42. The van der Waals surface area contributed by atoms with E-state index in [1.54, 1.807) is 0 Å². The summed E-state index contributed by atoms with van der Waals surface area (Å²) in [4.78, 5) is 0. The molecule has 5 nitrogen and oxygen atoms in total. The zero-order chi connectivity index (χ0) is 5.98. The molecule has 0 saturated heterocycles. The highest BCUT2D eigenvalue weighted by molar-refractivity contribution is 7.79. The third-order valence-corrected chi connectivity index (χ3v) is 1.03. The Kier molecular flexibility index (Phi) is 1.36. The van der Waals surface area contributed by atoms with Crippen LogP contribution in [-0.2, 0) is 11.1 Å². The molecule has 0 aromatic carbocycles. The van der Waals surface area contributed by atoms with E-state index < -0.39 is 11.1 Å². The van der Waals surface area contributed by atoms with E-state index in [0.29, 0.717) is 0 Å². The van der Waals surface area contributed by atoms with E-state index in [2.05, 4.69) is 14.9 Å². The Morgan fingerprint density at radius 3 is 2.88 bits per heavy atom. The molecule has 1 atom stereocenters. The van der Waals surface area contributed by atoms with Crippen molar-refractivity contribution < 1.29 is 13.3 Å². The third kappa shape index (κ3) is 0.903. The Hall–Kier alpha value is -0.750. The summed E-state index contributed by atoms with van der Waals surface area (Å²) in [6, 6.07) is 0. The molecule has 0 N–H and O–H groups in total. The lowest BCUT2D eigenvalue weighted by Gasteiger charge is -1.92. The Morgan fingerprint density at radius 2 is 2.62 bits per heavy atom. The van der Waals surface area contributed by atoms with Crippen LogP contribution in [0.15, 0.2) is 15.8 Å². The van der Waals surface area contributed by atoms with E-state index >= 15 is 0 Å². The van der Waals surface area contributed by atoms with Crippen molar-refractivity contribution in [3.05, 3.63) is 6.26 Å². The molecular weight excluding hydrogens is 132 g/mol. The summed E-state index contributed by atoms with van der Waals surface area (Å²) < 4.78 is 23.9. The van der Waals surface area contributed by atoms with Gasteiger partial charge in [-0.3, -0.25) is 4.21 Å². The fraction of sp³-hybridized carbons (Fsp3) is 0. The third-order valence-electron chi connectivity index (χ3n) is 0.511. The number of aromatic nitrogens is 2. The molecule has 0 amide bonds. The summed E-state index contributed by atoms with van der Waals surface area (Å²) in [5, 5.41) is 5.84. The van der Waals surface area contributed by atoms with Crippen LogP contribution in [0.5, 0.6) is 0 Å². The molecule has 1 heterocycles. The average molecular weight is 133 g/mol. The van der Waals surface area contributed by atoms with Gasteiger partial charge in [0, 0.05) is 16.4 Å². The van der Waals surface area contributed by atoms with Gasteiger partial charge in [-0.15, -0.1) is 5.10 Å². The Labute approximate surface area is 47.0 Å². The standard InChI is InChI=1S/C2H2N2O3S/c5-8(6)2-1-7-4-3-2/h1H,(H,5,6)/p-1. The molecule has 0 bridgehead atoms. The van der Waals surface area contributed by atoms with Crippen molar-refractivity contribution in [1.82, 2.24) is 10.4 Å². The van der Waals surface area contributed by atoms with Crippen LogP contribution in [0.1, 0.15) is 0 Å². The number of nitrogens with zero attached hydrogens (tertiary/aromatic N) is 2. The molecule has 0 fully saturated rings. The van der Waals surface area contributed by atoms with Crippen molar-refractivity contribution in [2.75, 3.05) is 0 Å². The summed E-state index contributed by atoms with van der Waals surface area (Å²) in [6.45, 7) is 0. The summed E-state index contributed by atoms with van der Waals surface area (Å²) in [5.74, 6) is 0. The van der Waals surface area contributed by atoms with Crippen molar-refractivity contribution in [3.63, 3.8) is 0 Å². The van der Waals surface area contributed by atoms with Gasteiger partial charge >= 0.3 is 0 Å². The van der Waals surface area contributed by atoms with Crippen LogP contribution in [0.2, 0.25) is 0 Å². The smallest absolute Gasteiger partial charge is 0.177 e. The fourth-order valence-electron chi connectivity index (χ4n) is 0.229. The number of hydrogen-bond acceptors (Lipinski definition) is 5. The van der Waals surface area contributed by atoms with Gasteiger partial charge in [-0.05, 0) is 0 Å². The maximum atomic E-state index is 9.90. The van der Waals surface area contributed by atoms with Crippen LogP contribution in [0, 0.1) is 0 Å². The van der Waals surface area contributed by atoms with Gasteiger partial charge < -0.3 is 9.08 Å². The van der Waals surface area contributed by atoms with E-state index in [-0.39, 0.29) is 5.03 Å². The maximum Gasteiger partial charge on any atom is 0.177 e. The Balaban J connectivity index is 2.93. The topological polar surface area (TPSA) is 79.0 Å². The van der Waals surface area contributed by atoms with Gasteiger partial charge in [-0.25, -0.2) is 0 Å². The lowest BCUT2D eigenvalue weighted by molar-refractivity contribution is 0.392. The molecule has 0 spiro atoms. The minimum atomic E-state index is -2.32. The predicted octanol–water partition coefficient (Wildman–Crippen LogP) is -0.692. The first-order valence-electron chi connectivity index (χ1n) is 1.67. The second-order valence-electron chi connectivity index (χ2n) is 0.978. The zero-order valence-electron chi connectivity index (χ0n) is 3.60. The summed E-state index contributed by atoms with van der Waals surface area (Å²) in [7, 11) is 0. The fourth-order valence-corrected chi connectivity index (χ4v) is 0.450. The first-order valence-corrected chi connectivity index (χ1v) is 2.74. The molecule has 1 unspecified atom stereocenters. The minimum absolute atomic E-state index is 0.176. The quantitative estimate of drug-likeness (QED) is 0.473. The largest absolute Gasteiger partial charge is 0.767 e. The van der Waals surface area contributed by atoms with Gasteiger partial charge in [0.1, 0.15) is 0 Å². The molecule has 1 aromatic heterocycles. The van der Waals surface area contributed by atoms with Crippen LogP contribution in [0.4, 0.5) is 0 Å². The summed E-state index contributed by atoms with van der Waals surface area (Å²) in [5.41, 5.74) is 0. The Morgan fingerprint density at radius 1 is 1.88 bits per heavy atom. The van der Waals surface area contributed by atoms with Gasteiger partial charge in [0.05, 0.1) is 0 Å². The molecule has 6 heteroatoms. The molecule has 8 heavy (non-hydrogen) atoms. The van der Waals surface area contributed by atoms with Crippen LogP contribution >= 0.6 is 0 Å². The first-order chi connectivity index (χ1) is 3.80. The van der Waals surface area contributed by atoms with Crippen molar-refractivity contribution in [2.45, 2.75) is 5.03 Å². The van der Waals surface area contributed by atoms with Crippen molar-refractivity contribution >= 4 is 11.1 Å². The summed E-state index contributed by atoms with van der Waals surface area (Å²) >= 11 is -2.32. The van der Waals surface area contributed by atoms with E-state index in [1.807, 2.05) is 0 Å². The molecule has 0 radical (unpaired) electrons. The van der Waals surface area contributed by atoms with Crippen LogP contribution in [0.3, 0.4) is 0 Å². The lowest BCUT2D eigenvalue weighted by atomic mass is 11.0. The molecule has 0 saturated carbocycles. The normalized spacial score (nSPS) is 13.6. The summed E-state index contributed by atoms with van der Waals surface area (Å²) in [6.07, 6.45) is 0.948. The molecule has 0 aliphatic carbocycles. The van der Waals surface area contributed by atoms with E-state index in [9.17, 15) is 8.76 Å². The molecule has 0 aliphatic rings. The number of hydrogen-bond donors (Lipinski definition) is 0. The second-order valence-corrected chi connectivity index (χ2v) is 1.87. The monoisotopic (exact) mass is 133 g/mol. The SMILES string of the molecule is O=S([O-])c1conn1. The van der Waals surface area contributed by atoms with E-state index in [1.165, 1.54) is 0 Å². The molecule has 1 aromatic rings. The van der Waals surface area contributed by atoms with E-state index in [4.69, 9.17) is 0 Å². The van der Waals surface area contributed by atoms with Gasteiger partial charge in [0.2, 0.25) is 0 Å². The minimum Gasteiger partial charge on any atom is -0.767 e. The maximum absolute atomic E-state index is 9.90. The highest BCUT2D eigenvalue weighted by Gasteiger charge is 1.92. The predicted molar refractivity (Wildman–Crippen MR) is 21.5 cm³/mol. The molecule has 44 valence electrons. The van der Waals surface area contributed by atoms with Crippen LogP contribution < -0.4 is 0 Å². The highest BCUT2D eigenvalue weighted by atomic mass is 32.2.